The van der Waals surface area contributed by atoms with Crippen molar-refractivity contribution in [2.45, 2.75) is 52.1 Å². The van der Waals surface area contributed by atoms with Crippen LogP contribution in [-0.4, -0.2) is 21.1 Å². The van der Waals surface area contributed by atoms with Crippen molar-refractivity contribution in [1.82, 2.24) is 9.78 Å². The molecule has 2 N–H and O–H groups in total. The summed E-state index contributed by atoms with van der Waals surface area (Å²) in [6.07, 6.45) is 3.90. The number of halogens is 1. The number of ketones is 1. The monoisotopic (exact) mass is 257 g/mol. The van der Waals surface area contributed by atoms with E-state index in [1.54, 1.807) is 11.6 Å². The summed E-state index contributed by atoms with van der Waals surface area (Å²) in [6, 6.07) is 0. The van der Waals surface area contributed by atoms with Crippen molar-refractivity contribution >= 4 is 17.4 Å². The summed E-state index contributed by atoms with van der Waals surface area (Å²) in [4.78, 5) is 12.4. The van der Waals surface area contributed by atoms with Crippen molar-refractivity contribution in [1.29, 1.82) is 0 Å². The van der Waals surface area contributed by atoms with Gasteiger partial charge in [0.15, 0.2) is 0 Å². The SMILES string of the molecule is CCCn1ncc(Cl)c1C(=O)C(C)(N)CCC. The number of hydrogen-bond donors (Lipinski definition) is 1. The van der Waals surface area contributed by atoms with E-state index in [1.165, 1.54) is 6.20 Å². The van der Waals surface area contributed by atoms with Crippen LogP contribution in [0.25, 0.3) is 0 Å². The van der Waals surface area contributed by atoms with Crippen LogP contribution >= 0.6 is 11.6 Å². The summed E-state index contributed by atoms with van der Waals surface area (Å²) in [5, 5.41) is 4.49. The Bertz CT molecular complexity index is 398. The Morgan fingerprint density at radius 2 is 2.18 bits per heavy atom. The standard InChI is InChI=1S/C12H20ClN3O/c1-4-6-12(3,14)11(17)10-9(13)8-15-16(10)7-5-2/h8H,4-7,14H2,1-3H3. The van der Waals surface area contributed by atoms with Gasteiger partial charge in [-0.1, -0.05) is 31.9 Å². The molecule has 96 valence electrons. The number of carbonyl (C=O) groups excluding carboxylic acids is 1. The summed E-state index contributed by atoms with van der Waals surface area (Å²) in [6.45, 7) is 6.45. The normalized spacial score (nSPS) is 14.6. The second kappa shape index (κ2) is 5.65. The Balaban J connectivity index is 3.06. The highest BCUT2D eigenvalue weighted by atomic mass is 35.5. The molecule has 0 spiro atoms. The highest BCUT2D eigenvalue weighted by Crippen LogP contribution is 2.22. The maximum Gasteiger partial charge on any atom is 0.201 e. The number of Topliss-reactive ketones (excluding diaryl/α,β-unsaturated/α-hetero) is 1. The van der Waals surface area contributed by atoms with Crippen molar-refractivity contribution in [3.05, 3.63) is 16.9 Å². The highest BCUT2D eigenvalue weighted by Gasteiger charge is 2.32. The zero-order valence-electron chi connectivity index (χ0n) is 10.7. The van der Waals surface area contributed by atoms with E-state index in [1.807, 2.05) is 13.8 Å². The minimum absolute atomic E-state index is 0.129. The van der Waals surface area contributed by atoms with Crippen LogP contribution in [0.3, 0.4) is 0 Å². The van der Waals surface area contributed by atoms with E-state index in [0.717, 1.165) is 12.8 Å². The first-order valence-corrected chi connectivity index (χ1v) is 6.36. The summed E-state index contributed by atoms with van der Waals surface area (Å²) in [5.74, 6) is -0.129. The minimum atomic E-state index is -0.871. The molecular formula is C12H20ClN3O. The molecule has 1 heterocycles. The Hall–Kier alpha value is -0.870. The van der Waals surface area contributed by atoms with Gasteiger partial charge in [0.25, 0.3) is 0 Å². The van der Waals surface area contributed by atoms with Gasteiger partial charge in [0.1, 0.15) is 5.69 Å². The molecular weight excluding hydrogens is 238 g/mol. The van der Waals surface area contributed by atoms with Gasteiger partial charge in [0, 0.05) is 6.54 Å². The van der Waals surface area contributed by atoms with Gasteiger partial charge in [-0.25, -0.2) is 0 Å². The number of carbonyl (C=O) groups is 1. The van der Waals surface area contributed by atoms with Crippen LogP contribution in [0.15, 0.2) is 6.20 Å². The van der Waals surface area contributed by atoms with Crippen LogP contribution < -0.4 is 5.73 Å². The molecule has 0 saturated heterocycles. The maximum absolute atomic E-state index is 12.4. The molecule has 0 bridgehead atoms. The first kappa shape index (κ1) is 14.2. The van der Waals surface area contributed by atoms with Gasteiger partial charge in [0.2, 0.25) is 5.78 Å². The molecule has 0 radical (unpaired) electrons. The van der Waals surface area contributed by atoms with Gasteiger partial charge in [-0.15, -0.1) is 0 Å². The smallest absolute Gasteiger partial charge is 0.201 e. The fourth-order valence-corrected chi connectivity index (χ4v) is 2.10. The molecule has 0 aliphatic rings. The number of nitrogens with zero attached hydrogens (tertiary/aromatic N) is 2. The molecule has 0 aliphatic heterocycles. The van der Waals surface area contributed by atoms with Crippen LogP contribution in [0.5, 0.6) is 0 Å². The highest BCUT2D eigenvalue weighted by molar-refractivity contribution is 6.34. The number of hydrogen-bond acceptors (Lipinski definition) is 3. The minimum Gasteiger partial charge on any atom is -0.319 e. The van der Waals surface area contributed by atoms with Crippen molar-refractivity contribution in [3.8, 4) is 0 Å². The molecule has 1 atom stereocenters. The Labute approximate surface area is 107 Å². The van der Waals surface area contributed by atoms with Gasteiger partial charge in [-0.2, -0.15) is 5.10 Å². The Morgan fingerprint density at radius 1 is 1.53 bits per heavy atom. The fraction of sp³-hybridized carbons (Fsp3) is 0.667. The molecule has 4 nitrogen and oxygen atoms in total. The predicted molar refractivity (Wildman–Crippen MR) is 69.4 cm³/mol. The largest absolute Gasteiger partial charge is 0.319 e. The summed E-state index contributed by atoms with van der Waals surface area (Å²) < 4.78 is 1.64. The average Bonchev–Trinajstić information content (AvgIpc) is 2.59. The average molecular weight is 258 g/mol. The van der Waals surface area contributed by atoms with Crippen LogP contribution in [0.4, 0.5) is 0 Å². The predicted octanol–water partition coefficient (Wildman–Crippen LogP) is 2.65. The zero-order valence-corrected chi connectivity index (χ0v) is 11.4. The van der Waals surface area contributed by atoms with Crippen molar-refractivity contribution in [3.63, 3.8) is 0 Å². The van der Waals surface area contributed by atoms with E-state index in [9.17, 15) is 4.79 Å². The van der Waals surface area contributed by atoms with Crippen LogP contribution in [0.2, 0.25) is 5.02 Å². The second-order valence-electron chi connectivity index (χ2n) is 4.56. The quantitative estimate of drug-likeness (QED) is 0.797. The number of aromatic nitrogens is 2. The maximum atomic E-state index is 12.4. The first-order chi connectivity index (χ1) is 7.94. The van der Waals surface area contributed by atoms with E-state index in [-0.39, 0.29) is 5.78 Å². The van der Waals surface area contributed by atoms with E-state index < -0.39 is 5.54 Å². The van der Waals surface area contributed by atoms with Crippen molar-refractivity contribution in [2.75, 3.05) is 0 Å². The third-order valence-corrected chi connectivity index (χ3v) is 3.01. The van der Waals surface area contributed by atoms with Gasteiger partial charge in [-0.05, 0) is 19.8 Å². The van der Waals surface area contributed by atoms with Crippen LogP contribution in [0, 0.1) is 0 Å². The van der Waals surface area contributed by atoms with Crippen molar-refractivity contribution < 1.29 is 4.79 Å². The summed E-state index contributed by atoms with van der Waals surface area (Å²) in [5.41, 5.74) is 5.61. The zero-order chi connectivity index (χ0) is 13.1. The Kier molecular flexibility index (Phi) is 4.71. The number of nitrogens with two attached hydrogens (primary N) is 1. The molecule has 0 aliphatic carbocycles. The van der Waals surface area contributed by atoms with Crippen LogP contribution in [0.1, 0.15) is 50.5 Å². The second-order valence-corrected chi connectivity index (χ2v) is 4.97. The molecule has 5 heteroatoms. The van der Waals surface area contributed by atoms with Crippen molar-refractivity contribution in [2.24, 2.45) is 5.73 Å². The molecule has 1 rings (SSSR count). The summed E-state index contributed by atoms with van der Waals surface area (Å²) in [7, 11) is 0. The third kappa shape index (κ3) is 3.07. The first-order valence-electron chi connectivity index (χ1n) is 5.99. The number of rotatable bonds is 6. The molecule has 0 aromatic carbocycles. The lowest BCUT2D eigenvalue weighted by molar-refractivity contribution is 0.0881. The fourth-order valence-electron chi connectivity index (χ4n) is 1.87. The lowest BCUT2D eigenvalue weighted by Gasteiger charge is -2.22. The molecule has 1 aromatic rings. The van der Waals surface area contributed by atoms with E-state index in [0.29, 0.717) is 23.7 Å². The lowest BCUT2D eigenvalue weighted by atomic mass is 9.90. The van der Waals surface area contributed by atoms with E-state index >= 15 is 0 Å². The number of aryl methyl sites for hydroxylation is 1. The van der Waals surface area contributed by atoms with Gasteiger partial charge >= 0.3 is 0 Å². The molecule has 0 amide bonds. The van der Waals surface area contributed by atoms with Gasteiger partial charge < -0.3 is 5.73 Å². The van der Waals surface area contributed by atoms with Gasteiger partial charge in [0.05, 0.1) is 16.8 Å². The van der Waals surface area contributed by atoms with Crippen LogP contribution in [-0.2, 0) is 6.54 Å². The molecule has 17 heavy (non-hydrogen) atoms. The lowest BCUT2D eigenvalue weighted by Crippen LogP contribution is -2.45. The molecule has 1 aromatic heterocycles. The van der Waals surface area contributed by atoms with E-state index in [2.05, 4.69) is 5.10 Å². The Morgan fingerprint density at radius 3 is 2.71 bits per heavy atom. The molecule has 0 saturated carbocycles. The third-order valence-electron chi connectivity index (χ3n) is 2.73. The molecule has 1 unspecified atom stereocenters. The molecule has 0 fully saturated rings. The summed E-state index contributed by atoms with van der Waals surface area (Å²) >= 11 is 6.02. The van der Waals surface area contributed by atoms with E-state index in [4.69, 9.17) is 17.3 Å². The topological polar surface area (TPSA) is 60.9 Å². The van der Waals surface area contributed by atoms with Gasteiger partial charge in [-0.3, -0.25) is 9.48 Å².